The molecule has 174 valence electrons. The summed E-state index contributed by atoms with van der Waals surface area (Å²) in [5.74, 6) is -0.670. The van der Waals surface area contributed by atoms with Gasteiger partial charge in [-0.3, -0.25) is 39.8 Å². The summed E-state index contributed by atoms with van der Waals surface area (Å²) in [5, 5.41) is 17.2. The molecular weight excluding hydrogens is 486 g/mol. The molecule has 4 N–H and O–H groups in total. The largest absolute Gasteiger partial charge is 1.00 e. The van der Waals surface area contributed by atoms with Crippen LogP contribution in [0.5, 0.6) is 0 Å². The van der Waals surface area contributed by atoms with E-state index in [0.717, 1.165) is 11.8 Å². The van der Waals surface area contributed by atoms with Crippen LogP contribution in [0.3, 0.4) is 0 Å². The van der Waals surface area contributed by atoms with E-state index in [1.807, 2.05) is 5.32 Å². The molecule has 2 aliphatic heterocycles. The number of hydrogen-bond acceptors (Lipinski definition) is 10. The Bertz CT molecular complexity index is 1000. The molecule has 6 amide bonds. The van der Waals surface area contributed by atoms with E-state index in [2.05, 4.69) is 30.8 Å². The average molecular weight is 504 g/mol. The summed E-state index contributed by atoms with van der Waals surface area (Å²) in [4.78, 5) is 70.7. The number of aromatic nitrogens is 2. The van der Waals surface area contributed by atoms with E-state index in [4.69, 9.17) is 10.1 Å². The second-order valence-corrected chi connectivity index (χ2v) is 5.57. The third-order valence-electron chi connectivity index (χ3n) is 3.28. The van der Waals surface area contributed by atoms with Gasteiger partial charge in [0.25, 0.3) is 12.4 Å². The second-order valence-electron chi connectivity index (χ2n) is 5.57. The monoisotopic (exact) mass is 504 g/mol. The number of carbonyl (C=O) groups excluding carboxylic acids is 6. The van der Waals surface area contributed by atoms with Crippen molar-refractivity contribution in [1.29, 1.82) is 0 Å². The van der Waals surface area contributed by atoms with Gasteiger partial charge >= 0.3 is 71.2 Å². The fourth-order valence-electron chi connectivity index (χ4n) is 1.93. The predicted octanol–water partition coefficient (Wildman–Crippen LogP) is -7.46. The van der Waals surface area contributed by atoms with Gasteiger partial charge in [0, 0.05) is 30.4 Å². The summed E-state index contributed by atoms with van der Waals surface area (Å²) < 4.78 is 0. The van der Waals surface area contributed by atoms with E-state index in [0.29, 0.717) is 5.56 Å². The van der Waals surface area contributed by atoms with Gasteiger partial charge in [0.05, 0.1) is 6.54 Å². The zero-order valence-electron chi connectivity index (χ0n) is 19.7. The summed E-state index contributed by atoms with van der Waals surface area (Å²) in [5.41, 5.74) is 1.73. The molecule has 0 aromatic carbocycles. The van der Waals surface area contributed by atoms with Crippen LogP contribution in [0.4, 0.5) is 9.59 Å². The van der Waals surface area contributed by atoms with E-state index in [1.165, 1.54) is 0 Å². The van der Waals surface area contributed by atoms with Gasteiger partial charge in [-0.2, -0.15) is 0 Å². The molecule has 0 radical (unpaired) electrons. The summed E-state index contributed by atoms with van der Waals surface area (Å²) in [6.45, 7) is -0.0567. The number of rotatable bonds is 3. The summed E-state index contributed by atoms with van der Waals surface area (Å²) in [6, 6.07) is 5.91. The SMILES string of the molecule is O=C1CNC(=O)N1.O=C1NC(=O)/C(=C/c2ccncc2)N1.O=CO[O-].O=Cc1ccncc1.[H-].[Na+].[Na+]. The molecule has 0 saturated carbocycles. The molecule has 14 nitrogen and oxygen atoms in total. The third-order valence-corrected chi connectivity index (χ3v) is 3.28. The molecule has 0 unspecified atom stereocenters. The number of nitrogens with one attached hydrogen (secondary N) is 4. The van der Waals surface area contributed by atoms with Crippen LogP contribution < -0.4 is 85.6 Å². The Labute approximate surface area is 244 Å². The van der Waals surface area contributed by atoms with Crippen molar-refractivity contribution in [1.82, 2.24) is 31.2 Å². The van der Waals surface area contributed by atoms with Gasteiger partial charge in [0.1, 0.15) is 12.0 Å². The quantitative estimate of drug-likeness (QED) is 0.0775. The van der Waals surface area contributed by atoms with Gasteiger partial charge in [-0.05, 0) is 35.9 Å². The van der Waals surface area contributed by atoms with Gasteiger partial charge in [0.15, 0.2) is 0 Å². The Morgan fingerprint density at radius 2 is 1.34 bits per heavy atom. The maximum absolute atomic E-state index is 11.1. The molecule has 35 heavy (non-hydrogen) atoms. The van der Waals surface area contributed by atoms with Crippen molar-refractivity contribution in [2.24, 2.45) is 0 Å². The van der Waals surface area contributed by atoms with Crippen LogP contribution in [0, 0.1) is 0 Å². The Balaban J connectivity index is -0.000000430. The number of pyridine rings is 2. The van der Waals surface area contributed by atoms with Crippen LogP contribution in [0.25, 0.3) is 6.08 Å². The smallest absolute Gasteiger partial charge is 1.00 e. The topological polar surface area (TPSA) is 209 Å². The molecule has 0 atom stereocenters. The molecule has 2 aromatic heterocycles. The molecular formula is C19H18N6Na2O8. The maximum atomic E-state index is 11.1. The minimum Gasteiger partial charge on any atom is -1.00 e. The van der Waals surface area contributed by atoms with Gasteiger partial charge in [-0.25, -0.2) is 9.59 Å². The van der Waals surface area contributed by atoms with Gasteiger partial charge < -0.3 is 22.2 Å². The van der Waals surface area contributed by atoms with Crippen LogP contribution in [0.15, 0.2) is 54.7 Å². The Kier molecular flexibility index (Phi) is 19.9. The molecule has 2 aliphatic rings. The van der Waals surface area contributed by atoms with E-state index < -0.39 is 18.0 Å². The fourth-order valence-corrected chi connectivity index (χ4v) is 1.93. The molecule has 0 spiro atoms. The number of carbonyl (C=O) groups is 6. The Hall–Kier alpha value is -2.98. The first-order chi connectivity index (χ1) is 15.9. The van der Waals surface area contributed by atoms with Crippen LogP contribution in [-0.4, -0.2) is 53.1 Å². The zero-order valence-corrected chi connectivity index (χ0v) is 22.7. The van der Waals surface area contributed by atoms with E-state index in [9.17, 15) is 24.0 Å². The van der Waals surface area contributed by atoms with Crippen LogP contribution in [0.1, 0.15) is 17.3 Å². The van der Waals surface area contributed by atoms with Crippen molar-refractivity contribution in [3.63, 3.8) is 0 Å². The number of urea groups is 2. The molecule has 2 fully saturated rings. The average Bonchev–Trinajstić information content (AvgIpc) is 3.37. The van der Waals surface area contributed by atoms with Crippen LogP contribution in [0.2, 0.25) is 0 Å². The molecule has 4 heterocycles. The summed E-state index contributed by atoms with van der Waals surface area (Å²) in [6.07, 6.45) is 8.78. The van der Waals surface area contributed by atoms with Crippen LogP contribution in [-0.2, 0) is 19.3 Å². The first-order valence-corrected chi connectivity index (χ1v) is 8.78. The van der Waals surface area contributed by atoms with E-state index in [1.54, 1.807) is 55.1 Å². The maximum Gasteiger partial charge on any atom is 1.00 e. The Morgan fingerprint density at radius 1 is 0.829 bits per heavy atom. The minimum absolute atomic E-state index is 0. The number of imide groups is 2. The van der Waals surface area contributed by atoms with E-state index in [-0.39, 0.29) is 85.2 Å². The summed E-state index contributed by atoms with van der Waals surface area (Å²) >= 11 is 0. The van der Waals surface area contributed by atoms with Crippen LogP contribution >= 0.6 is 0 Å². The van der Waals surface area contributed by atoms with Crippen molar-refractivity contribution in [2.45, 2.75) is 0 Å². The molecule has 2 aromatic rings. The van der Waals surface area contributed by atoms with Crippen molar-refractivity contribution >= 4 is 42.7 Å². The zero-order chi connectivity index (χ0) is 24.5. The minimum atomic E-state index is -0.490. The van der Waals surface area contributed by atoms with Crippen molar-refractivity contribution in [3.8, 4) is 0 Å². The predicted molar refractivity (Wildman–Crippen MR) is 108 cm³/mol. The molecule has 0 aliphatic carbocycles. The Morgan fingerprint density at radius 3 is 1.63 bits per heavy atom. The summed E-state index contributed by atoms with van der Waals surface area (Å²) in [7, 11) is 0. The van der Waals surface area contributed by atoms with Gasteiger partial charge in [0.2, 0.25) is 5.91 Å². The van der Waals surface area contributed by atoms with Gasteiger partial charge in [-0.1, -0.05) is 0 Å². The number of amides is 6. The van der Waals surface area contributed by atoms with Crippen molar-refractivity contribution in [2.75, 3.05) is 6.54 Å². The second kappa shape index (κ2) is 20.4. The van der Waals surface area contributed by atoms with Gasteiger partial charge in [-0.15, -0.1) is 0 Å². The molecule has 4 rings (SSSR count). The third kappa shape index (κ3) is 15.5. The molecule has 2 saturated heterocycles. The first kappa shape index (κ1) is 34.2. The standard InChI is InChI=1S/C9H7N3O2.C6H5NO.C3H4N2O2.CH2O3.2Na.H/c13-8-7(11-9(14)12-8)5-6-1-3-10-4-2-6;8-5-6-1-3-7-4-2-6;6-2-1-4-3(7)5-2;2-1-4-3;;;/h1-5H,(H2,11,12,13,14);1-5H;1H2,(H2,4,5,6,7);1,3H;;;/q;;;;2*+1;-1/p-1/b7-5-;;;;;;. The first-order valence-electron chi connectivity index (χ1n) is 8.78. The number of aldehydes is 1. The fraction of sp³-hybridized carbons (Fsp3) is 0.0526. The van der Waals surface area contributed by atoms with Crippen molar-refractivity contribution in [3.05, 3.63) is 65.9 Å². The molecule has 0 bridgehead atoms. The normalized spacial score (nSPS) is 13.6. The number of hydrogen-bond donors (Lipinski definition) is 4. The van der Waals surface area contributed by atoms with Crippen molar-refractivity contribution < 1.29 is 99.5 Å². The van der Waals surface area contributed by atoms with E-state index >= 15 is 0 Å². The number of nitrogens with zero attached hydrogens (tertiary/aromatic N) is 2. The molecule has 16 heteroatoms.